The van der Waals surface area contributed by atoms with Gasteiger partial charge in [-0.2, -0.15) is 0 Å². The monoisotopic (exact) mass is 506 g/mol. The number of carbonyl (C=O) groups excluding carboxylic acids is 1. The fraction of sp³-hybridized carbons (Fsp3) is 0.208. The molecule has 33 heavy (non-hydrogen) atoms. The molecule has 6 nitrogen and oxygen atoms in total. The van der Waals surface area contributed by atoms with Crippen LogP contribution in [0.1, 0.15) is 16.7 Å². The first-order valence-electron chi connectivity index (χ1n) is 10.0. The fourth-order valence-corrected chi connectivity index (χ4v) is 5.39. The van der Waals surface area contributed by atoms with Gasteiger partial charge in [0.05, 0.1) is 22.8 Å². The van der Waals surface area contributed by atoms with Crippen molar-refractivity contribution in [3.8, 4) is 5.75 Å². The Morgan fingerprint density at radius 2 is 1.58 bits per heavy atom. The molecular formula is C24H24Cl2N2O4S. The molecule has 9 heteroatoms. The predicted octanol–water partition coefficient (Wildman–Crippen LogP) is 5.76. The van der Waals surface area contributed by atoms with E-state index in [0.29, 0.717) is 5.69 Å². The van der Waals surface area contributed by atoms with Crippen LogP contribution in [0.2, 0.25) is 10.0 Å². The average Bonchev–Trinajstić information content (AvgIpc) is 2.73. The number of ether oxygens (including phenoxy) is 1. The van der Waals surface area contributed by atoms with Gasteiger partial charge in [-0.15, -0.1) is 0 Å². The molecular weight excluding hydrogens is 483 g/mol. The number of aryl methyl sites for hydroxylation is 3. The van der Waals surface area contributed by atoms with E-state index >= 15 is 0 Å². The molecule has 0 spiro atoms. The zero-order valence-corrected chi connectivity index (χ0v) is 21.0. The second kappa shape index (κ2) is 10.0. The highest BCUT2D eigenvalue weighted by Gasteiger charge is 2.30. The van der Waals surface area contributed by atoms with Crippen molar-refractivity contribution in [1.82, 2.24) is 0 Å². The maximum absolute atomic E-state index is 13.7. The summed E-state index contributed by atoms with van der Waals surface area (Å²) in [6.45, 7) is 5.12. The third-order valence-electron chi connectivity index (χ3n) is 4.87. The Bertz CT molecular complexity index is 1290. The average molecular weight is 507 g/mol. The minimum atomic E-state index is -4.21. The van der Waals surface area contributed by atoms with Crippen LogP contribution in [0.4, 0.5) is 11.4 Å². The van der Waals surface area contributed by atoms with Gasteiger partial charge in [-0.25, -0.2) is 8.42 Å². The predicted molar refractivity (Wildman–Crippen MR) is 133 cm³/mol. The maximum Gasteiger partial charge on any atom is 0.268 e. The van der Waals surface area contributed by atoms with Crippen molar-refractivity contribution in [3.63, 3.8) is 0 Å². The Balaban J connectivity index is 2.05. The van der Waals surface area contributed by atoms with Crippen molar-refractivity contribution in [1.29, 1.82) is 0 Å². The molecule has 0 atom stereocenters. The Morgan fingerprint density at radius 1 is 0.909 bits per heavy atom. The van der Waals surface area contributed by atoms with Crippen LogP contribution in [-0.4, -0.2) is 28.0 Å². The summed E-state index contributed by atoms with van der Waals surface area (Å²) in [4.78, 5) is 12.9. The lowest BCUT2D eigenvalue weighted by Crippen LogP contribution is -2.38. The SMILES string of the molecule is COc1ccc(C)cc1S(=O)(=O)N(CC(=O)Nc1cc(C)cc(C)c1)c1ccc(Cl)c(Cl)c1. The van der Waals surface area contributed by atoms with E-state index in [9.17, 15) is 13.2 Å². The summed E-state index contributed by atoms with van der Waals surface area (Å²) in [7, 11) is -2.82. The van der Waals surface area contributed by atoms with Gasteiger partial charge < -0.3 is 10.1 Å². The second-order valence-electron chi connectivity index (χ2n) is 7.69. The third kappa shape index (κ3) is 5.79. The van der Waals surface area contributed by atoms with E-state index in [1.807, 2.05) is 32.0 Å². The van der Waals surface area contributed by atoms with Crippen LogP contribution in [0, 0.1) is 20.8 Å². The molecule has 0 fully saturated rings. The summed E-state index contributed by atoms with van der Waals surface area (Å²) >= 11 is 12.2. The first-order chi connectivity index (χ1) is 15.5. The van der Waals surface area contributed by atoms with Crippen molar-refractivity contribution in [2.75, 3.05) is 23.3 Å². The molecule has 0 saturated heterocycles. The topological polar surface area (TPSA) is 75.7 Å². The number of sulfonamides is 1. The number of hydrogen-bond donors (Lipinski definition) is 1. The molecule has 1 N–H and O–H groups in total. The van der Waals surface area contributed by atoms with E-state index in [2.05, 4.69) is 5.32 Å². The van der Waals surface area contributed by atoms with Crippen LogP contribution in [0.25, 0.3) is 0 Å². The highest BCUT2D eigenvalue weighted by atomic mass is 35.5. The van der Waals surface area contributed by atoms with E-state index in [0.717, 1.165) is 21.0 Å². The first kappa shape index (κ1) is 24.9. The van der Waals surface area contributed by atoms with Crippen molar-refractivity contribution in [3.05, 3.63) is 81.3 Å². The summed E-state index contributed by atoms with van der Waals surface area (Å²) < 4.78 is 33.8. The first-order valence-corrected chi connectivity index (χ1v) is 12.2. The van der Waals surface area contributed by atoms with Gasteiger partial charge in [-0.3, -0.25) is 9.10 Å². The van der Waals surface area contributed by atoms with Crippen LogP contribution >= 0.6 is 23.2 Å². The highest BCUT2D eigenvalue weighted by Crippen LogP contribution is 2.33. The summed E-state index contributed by atoms with van der Waals surface area (Å²) in [6.07, 6.45) is 0. The standard InChI is InChI=1S/C24H24Cl2N2O4S/c1-15-5-8-22(32-4)23(12-15)33(30,31)28(19-6-7-20(25)21(26)13-19)14-24(29)27-18-10-16(2)9-17(3)11-18/h5-13H,14H2,1-4H3,(H,27,29). The van der Waals surface area contributed by atoms with Gasteiger partial charge in [0.1, 0.15) is 17.2 Å². The molecule has 0 aromatic heterocycles. The lowest BCUT2D eigenvalue weighted by molar-refractivity contribution is -0.114. The van der Waals surface area contributed by atoms with Gasteiger partial charge in [0.25, 0.3) is 10.0 Å². The van der Waals surface area contributed by atoms with Crippen LogP contribution in [-0.2, 0) is 14.8 Å². The number of methoxy groups -OCH3 is 1. The van der Waals surface area contributed by atoms with E-state index in [1.165, 1.54) is 31.4 Å². The van der Waals surface area contributed by atoms with Gasteiger partial charge in [-0.1, -0.05) is 35.3 Å². The molecule has 0 unspecified atom stereocenters. The van der Waals surface area contributed by atoms with Crippen molar-refractivity contribution >= 4 is 50.5 Å². The maximum atomic E-state index is 13.7. The summed E-state index contributed by atoms with van der Waals surface area (Å²) in [5, 5.41) is 3.21. The lowest BCUT2D eigenvalue weighted by Gasteiger charge is -2.25. The van der Waals surface area contributed by atoms with E-state index in [1.54, 1.807) is 19.1 Å². The number of anilines is 2. The molecule has 3 aromatic carbocycles. The second-order valence-corrected chi connectivity index (χ2v) is 10.3. The number of nitrogens with one attached hydrogen (secondary N) is 1. The fourth-order valence-electron chi connectivity index (χ4n) is 3.44. The van der Waals surface area contributed by atoms with Gasteiger partial charge >= 0.3 is 0 Å². The zero-order chi connectivity index (χ0) is 24.3. The summed E-state index contributed by atoms with van der Waals surface area (Å²) in [5.41, 5.74) is 3.45. The van der Waals surface area contributed by atoms with Gasteiger partial charge in [0.2, 0.25) is 5.91 Å². The van der Waals surface area contributed by atoms with Crippen molar-refractivity contribution in [2.24, 2.45) is 0 Å². The van der Waals surface area contributed by atoms with Crippen LogP contribution < -0.4 is 14.4 Å². The molecule has 0 saturated carbocycles. The molecule has 174 valence electrons. The van der Waals surface area contributed by atoms with Crippen LogP contribution in [0.15, 0.2) is 59.5 Å². The Kier molecular flexibility index (Phi) is 7.57. The highest BCUT2D eigenvalue weighted by molar-refractivity contribution is 7.93. The normalized spacial score (nSPS) is 11.2. The molecule has 0 heterocycles. The van der Waals surface area contributed by atoms with E-state index in [-0.39, 0.29) is 26.4 Å². The number of nitrogens with zero attached hydrogens (tertiary/aromatic N) is 1. The van der Waals surface area contributed by atoms with E-state index < -0.39 is 22.5 Å². The van der Waals surface area contributed by atoms with Crippen LogP contribution in [0.5, 0.6) is 5.75 Å². The minimum absolute atomic E-state index is 0.0599. The summed E-state index contributed by atoms with van der Waals surface area (Å²) in [6, 6.07) is 14.8. The molecule has 0 radical (unpaired) electrons. The van der Waals surface area contributed by atoms with Gasteiger partial charge in [0, 0.05) is 5.69 Å². The number of amides is 1. The Hall–Kier alpha value is -2.74. The molecule has 3 aromatic rings. The van der Waals surface area contributed by atoms with Crippen LogP contribution in [0.3, 0.4) is 0 Å². The Labute approximate surface area is 204 Å². The van der Waals surface area contributed by atoms with Gasteiger partial charge in [-0.05, 0) is 79.9 Å². The lowest BCUT2D eigenvalue weighted by atomic mass is 10.1. The Morgan fingerprint density at radius 3 is 2.18 bits per heavy atom. The van der Waals surface area contributed by atoms with E-state index in [4.69, 9.17) is 27.9 Å². The van der Waals surface area contributed by atoms with Gasteiger partial charge in [0.15, 0.2) is 0 Å². The largest absolute Gasteiger partial charge is 0.495 e. The molecule has 1 amide bonds. The number of rotatable bonds is 7. The smallest absolute Gasteiger partial charge is 0.268 e. The molecule has 0 bridgehead atoms. The van der Waals surface area contributed by atoms with Crippen molar-refractivity contribution < 1.29 is 17.9 Å². The third-order valence-corrected chi connectivity index (χ3v) is 7.41. The summed E-state index contributed by atoms with van der Waals surface area (Å²) in [5.74, 6) is -0.346. The number of carbonyl (C=O) groups is 1. The van der Waals surface area contributed by atoms with Crippen molar-refractivity contribution in [2.45, 2.75) is 25.7 Å². The molecule has 0 aliphatic rings. The number of benzene rings is 3. The zero-order valence-electron chi connectivity index (χ0n) is 18.6. The molecule has 0 aliphatic carbocycles. The minimum Gasteiger partial charge on any atom is -0.495 e. The number of hydrogen-bond acceptors (Lipinski definition) is 4. The molecule has 3 rings (SSSR count). The number of halogens is 2. The molecule has 0 aliphatic heterocycles. The quantitative estimate of drug-likeness (QED) is 0.441.